The van der Waals surface area contributed by atoms with E-state index >= 15 is 0 Å². The Morgan fingerprint density at radius 3 is 1.95 bits per heavy atom. The number of carbonyl (C=O) groups excluding carboxylic acids is 1. The van der Waals surface area contributed by atoms with Gasteiger partial charge < -0.3 is 4.74 Å². The molecule has 0 amide bonds. The molecule has 2 fully saturated rings. The van der Waals surface area contributed by atoms with Gasteiger partial charge in [-0.25, -0.2) is 4.79 Å². The molecule has 0 heterocycles. The molecule has 2 saturated carbocycles. The van der Waals surface area contributed by atoms with Crippen molar-refractivity contribution in [2.45, 2.75) is 77.2 Å². The Labute approximate surface area is 120 Å². The number of hydrogen-bond donors (Lipinski definition) is 0. The molecule has 0 bridgehead atoms. The van der Waals surface area contributed by atoms with Crippen molar-refractivity contribution in [3.8, 4) is 0 Å². The number of ether oxygens (including phenoxy) is 1. The molecule has 0 saturated heterocycles. The lowest BCUT2D eigenvalue weighted by molar-refractivity contribution is -0.164. The maximum Gasteiger partial charge on any atom is 0.374 e. The zero-order valence-corrected chi connectivity index (χ0v) is 12.3. The standard InChI is InChI=1S/C16H26F2O2/c1-2-11-3-5-12(6-4-11)13-7-9-14(10-8-13)20-16(19)15(17)18/h11-15H,2-10H2,1H3. The molecule has 0 N–H and O–H groups in total. The molecule has 0 unspecified atom stereocenters. The largest absolute Gasteiger partial charge is 0.458 e. The summed E-state index contributed by atoms with van der Waals surface area (Å²) in [6.07, 6.45) is 6.96. The molecule has 0 aliphatic heterocycles. The summed E-state index contributed by atoms with van der Waals surface area (Å²) in [5, 5.41) is 0. The Balaban J connectivity index is 1.70. The second kappa shape index (κ2) is 7.37. The fourth-order valence-corrected chi connectivity index (χ4v) is 3.96. The van der Waals surface area contributed by atoms with E-state index in [9.17, 15) is 13.6 Å². The van der Waals surface area contributed by atoms with Gasteiger partial charge in [-0.1, -0.05) is 26.2 Å². The molecular formula is C16H26F2O2. The minimum atomic E-state index is -2.99. The van der Waals surface area contributed by atoms with Gasteiger partial charge in [-0.05, 0) is 56.3 Å². The highest BCUT2D eigenvalue weighted by molar-refractivity contribution is 5.72. The fraction of sp³-hybridized carbons (Fsp3) is 0.938. The number of alkyl halides is 2. The Morgan fingerprint density at radius 1 is 1.00 bits per heavy atom. The minimum Gasteiger partial charge on any atom is -0.458 e. The average molecular weight is 288 g/mol. The highest BCUT2D eigenvalue weighted by Gasteiger charge is 2.32. The molecule has 2 aliphatic carbocycles. The number of hydrogen-bond acceptors (Lipinski definition) is 2. The number of rotatable bonds is 4. The first-order valence-electron chi connectivity index (χ1n) is 8.08. The maximum absolute atomic E-state index is 12.1. The predicted octanol–water partition coefficient (Wildman–Crippen LogP) is 4.57. The van der Waals surface area contributed by atoms with Crippen LogP contribution in [0.4, 0.5) is 8.78 Å². The van der Waals surface area contributed by atoms with Crippen LogP contribution in [0.3, 0.4) is 0 Å². The van der Waals surface area contributed by atoms with Crippen LogP contribution >= 0.6 is 0 Å². The summed E-state index contributed by atoms with van der Waals surface area (Å²) in [6, 6.07) is 0. The summed E-state index contributed by atoms with van der Waals surface area (Å²) in [5.74, 6) is 1.09. The summed E-state index contributed by atoms with van der Waals surface area (Å²) in [5.41, 5.74) is 0. The number of halogens is 2. The normalized spacial score (nSPS) is 35.0. The van der Waals surface area contributed by atoms with Crippen LogP contribution in [0.1, 0.15) is 64.7 Å². The van der Waals surface area contributed by atoms with E-state index in [4.69, 9.17) is 4.74 Å². The second-order valence-corrected chi connectivity index (χ2v) is 6.46. The average Bonchev–Trinajstić information content (AvgIpc) is 2.48. The van der Waals surface area contributed by atoms with E-state index in [2.05, 4.69) is 6.92 Å². The minimum absolute atomic E-state index is 0.278. The Bertz CT molecular complexity index is 304. The Kier molecular flexibility index (Phi) is 5.79. The van der Waals surface area contributed by atoms with Gasteiger partial charge in [0.15, 0.2) is 0 Å². The van der Waals surface area contributed by atoms with Crippen molar-refractivity contribution >= 4 is 5.97 Å². The maximum atomic E-state index is 12.1. The summed E-state index contributed by atoms with van der Waals surface area (Å²) in [7, 11) is 0. The number of carbonyl (C=O) groups is 1. The monoisotopic (exact) mass is 288 g/mol. The fourth-order valence-electron chi connectivity index (χ4n) is 3.96. The van der Waals surface area contributed by atoms with E-state index in [1.165, 1.54) is 32.1 Å². The van der Waals surface area contributed by atoms with E-state index in [1.54, 1.807) is 0 Å². The summed E-state index contributed by atoms with van der Waals surface area (Å²) >= 11 is 0. The van der Waals surface area contributed by atoms with E-state index in [-0.39, 0.29) is 6.10 Å². The summed E-state index contributed by atoms with van der Waals surface area (Å²) < 4.78 is 29.1. The lowest BCUT2D eigenvalue weighted by Crippen LogP contribution is -2.31. The van der Waals surface area contributed by atoms with Crippen molar-refractivity contribution in [1.29, 1.82) is 0 Å². The first-order chi connectivity index (χ1) is 9.60. The zero-order valence-electron chi connectivity index (χ0n) is 12.3. The van der Waals surface area contributed by atoms with Gasteiger partial charge >= 0.3 is 12.4 Å². The topological polar surface area (TPSA) is 26.3 Å². The first-order valence-corrected chi connectivity index (χ1v) is 8.08. The molecule has 0 aromatic heterocycles. The van der Waals surface area contributed by atoms with Crippen molar-refractivity contribution in [2.24, 2.45) is 17.8 Å². The van der Waals surface area contributed by atoms with Gasteiger partial charge in [-0.2, -0.15) is 8.78 Å². The second-order valence-electron chi connectivity index (χ2n) is 6.46. The van der Waals surface area contributed by atoms with Crippen LogP contribution in [-0.4, -0.2) is 18.5 Å². The summed E-state index contributed by atoms with van der Waals surface area (Å²) in [4.78, 5) is 10.9. The molecule has 0 atom stereocenters. The highest BCUT2D eigenvalue weighted by atomic mass is 19.3. The van der Waals surface area contributed by atoms with Crippen molar-refractivity contribution in [3.05, 3.63) is 0 Å². The van der Waals surface area contributed by atoms with E-state index in [1.807, 2.05) is 0 Å². The molecule has 2 aliphatic rings. The highest BCUT2D eigenvalue weighted by Crippen LogP contribution is 2.41. The van der Waals surface area contributed by atoms with E-state index < -0.39 is 12.4 Å². The molecule has 2 rings (SSSR count). The molecule has 0 radical (unpaired) electrons. The van der Waals surface area contributed by atoms with Crippen LogP contribution < -0.4 is 0 Å². The third kappa shape index (κ3) is 4.16. The lowest BCUT2D eigenvalue weighted by Gasteiger charge is -2.37. The van der Waals surface area contributed by atoms with E-state index in [0.717, 1.165) is 37.5 Å². The Morgan fingerprint density at radius 2 is 1.50 bits per heavy atom. The van der Waals surface area contributed by atoms with Gasteiger partial charge in [0, 0.05) is 0 Å². The molecule has 116 valence electrons. The quantitative estimate of drug-likeness (QED) is 0.708. The third-order valence-corrected chi connectivity index (χ3v) is 5.32. The van der Waals surface area contributed by atoms with Gasteiger partial charge in [-0.3, -0.25) is 0 Å². The van der Waals surface area contributed by atoms with Crippen LogP contribution in [0.5, 0.6) is 0 Å². The van der Waals surface area contributed by atoms with Crippen molar-refractivity contribution in [2.75, 3.05) is 0 Å². The molecule has 4 heteroatoms. The van der Waals surface area contributed by atoms with Crippen LogP contribution in [-0.2, 0) is 9.53 Å². The van der Waals surface area contributed by atoms with Gasteiger partial charge in [-0.15, -0.1) is 0 Å². The van der Waals surface area contributed by atoms with Crippen molar-refractivity contribution < 1.29 is 18.3 Å². The molecule has 0 aromatic carbocycles. The molecule has 0 aromatic rings. The molecule has 0 spiro atoms. The van der Waals surface area contributed by atoms with E-state index in [0.29, 0.717) is 5.92 Å². The summed E-state index contributed by atoms with van der Waals surface area (Å²) in [6.45, 7) is 2.27. The smallest absolute Gasteiger partial charge is 0.374 e. The van der Waals surface area contributed by atoms with Gasteiger partial charge in [0.25, 0.3) is 0 Å². The molecular weight excluding hydrogens is 262 g/mol. The van der Waals surface area contributed by atoms with Gasteiger partial charge in [0.2, 0.25) is 0 Å². The van der Waals surface area contributed by atoms with Crippen molar-refractivity contribution in [3.63, 3.8) is 0 Å². The van der Waals surface area contributed by atoms with Gasteiger partial charge in [0.05, 0.1) is 0 Å². The van der Waals surface area contributed by atoms with Crippen LogP contribution in [0, 0.1) is 17.8 Å². The van der Waals surface area contributed by atoms with Crippen molar-refractivity contribution in [1.82, 2.24) is 0 Å². The lowest BCUT2D eigenvalue weighted by atomic mass is 9.70. The third-order valence-electron chi connectivity index (χ3n) is 5.32. The van der Waals surface area contributed by atoms with Gasteiger partial charge in [0.1, 0.15) is 6.10 Å². The zero-order chi connectivity index (χ0) is 14.5. The SMILES string of the molecule is CCC1CCC(C2CCC(OC(=O)C(F)F)CC2)CC1. The van der Waals surface area contributed by atoms with Crippen LogP contribution in [0.15, 0.2) is 0 Å². The number of esters is 1. The predicted molar refractivity (Wildman–Crippen MR) is 73.6 cm³/mol. The van der Waals surface area contributed by atoms with Crippen LogP contribution in [0.2, 0.25) is 0 Å². The Hall–Kier alpha value is -0.670. The van der Waals surface area contributed by atoms with Crippen LogP contribution in [0.25, 0.3) is 0 Å². The first kappa shape index (κ1) is 15.7. The molecule has 2 nitrogen and oxygen atoms in total. The molecule has 20 heavy (non-hydrogen) atoms.